The molecule has 0 aliphatic rings. The maximum absolute atomic E-state index is 13.1. The molecule has 0 amide bonds. The second kappa shape index (κ2) is 32.0. The number of rotatable bonds is 35. The Morgan fingerprint density at radius 2 is 0.726 bits per heavy atom. The Morgan fingerprint density at radius 1 is 0.370 bits per heavy atom. The highest BCUT2D eigenvalue weighted by Crippen LogP contribution is 2.28. The van der Waals surface area contributed by atoms with Crippen molar-refractivity contribution in [3.63, 3.8) is 0 Å². The average molecular weight is 1030 g/mol. The third kappa shape index (κ3) is 23.5. The standard InChI is InChI=1S/C62H84O9Si2/c1-7-8-9-10-11-12-15-18-21-24-46-66-56-40-34-52(35-41-56)61(64)69-58-44-36-53(37-45-58)62(65)70-59-29-27-28-54(49-59)50-30-42-57(43-31-50)68-60(63)51-32-38-55(39-33-51)67-47-25-22-19-16-13-14-17-20-23-26-48-73(5,6)71-72(2,3)4/h27-45,49H,7-26,46-48H2,1-6H3. The number of ether oxygens (including phenoxy) is 5. The van der Waals surface area contributed by atoms with E-state index in [2.05, 4.69) is 39.7 Å². The van der Waals surface area contributed by atoms with Gasteiger partial charge >= 0.3 is 17.9 Å². The van der Waals surface area contributed by atoms with Gasteiger partial charge in [-0.2, -0.15) is 0 Å². The molecule has 11 heteroatoms. The Balaban J connectivity index is 0.937. The van der Waals surface area contributed by atoms with Gasteiger partial charge < -0.3 is 27.8 Å². The summed E-state index contributed by atoms with van der Waals surface area (Å²) in [6, 6.07) is 35.9. The van der Waals surface area contributed by atoms with Gasteiger partial charge in [0.15, 0.2) is 16.6 Å². The zero-order valence-electron chi connectivity index (χ0n) is 45.0. The van der Waals surface area contributed by atoms with Crippen LogP contribution in [-0.4, -0.2) is 47.8 Å². The second-order valence-corrected chi connectivity index (χ2v) is 30.0. The van der Waals surface area contributed by atoms with E-state index in [1.807, 2.05) is 30.3 Å². The number of esters is 3. The predicted molar refractivity (Wildman–Crippen MR) is 302 cm³/mol. The third-order valence-electron chi connectivity index (χ3n) is 12.7. The average Bonchev–Trinajstić information content (AvgIpc) is 3.37. The Labute approximate surface area is 440 Å². The van der Waals surface area contributed by atoms with Gasteiger partial charge in [-0.1, -0.05) is 147 Å². The van der Waals surface area contributed by atoms with Crippen molar-refractivity contribution in [3.05, 3.63) is 138 Å². The molecule has 0 saturated carbocycles. The van der Waals surface area contributed by atoms with Crippen molar-refractivity contribution in [2.45, 2.75) is 174 Å². The molecule has 394 valence electrons. The van der Waals surface area contributed by atoms with Gasteiger partial charge in [0.05, 0.1) is 29.9 Å². The van der Waals surface area contributed by atoms with Gasteiger partial charge in [0.2, 0.25) is 0 Å². The lowest BCUT2D eigenvalue weighted by Gasteiger charge is -2.31. The predicted octanol–water partition coefficient (Wildman–Crippen LogP) is 17.6. The monoisotopic (exact) mass is 1030 g/mol. The molecule has 73 heavy (non-hydrogen) atoms. The van der Waals surface area contributed by atoms with Crippen LogP contribution in [0, 0.1) is 0 Å². The minimum atomic E-state index is -1.49. The van der Waals surface area contributed by atoms with Crippen LogP contribution in [0.2, 0.25) is 38.8 Å². The van der Waals surface area contributed by atoms with Crippen LogP contribution in [0.4, 0.5) is 0 Å². The van der Waals surface area contributed by atoms with E-state index < -0.39 is 34.5 Å². The lowest BCUT2D eigenvalue weighted by molar-refractivity contribution is 0.0723. The van der Waals surface area contributed by atoms with Crippen molar-refractivity contribution >= 4 is 34.5 Å². The van der Waals surface area contributed by atoms with E-state index in [4.69, 9.17) is 27.8 Å². The fraction of sp³-hybridized carbons (Fsp3) is 0.468. The largest absolute Gasteiger partial charge is 0.494 e. The van der Waals surface area contributed by atoms with Crippen LogP contribution in [0.1, 0.15) is 166 Å². The Bertz CT molecular complexity index is 2360. The van der Waals surface area contributed by atoms with Crippen molar-refractivity contribution < 1.29 is 42.2 Å². The number of unbranched alkanes of at least 4 members (excludes halogenated alkanes) is 18. The van der Waals surface area contributed by atoms with Crippen molar-refractivity contribution in [3.8, 4) is 39.9 Å². The summed E-state index contributed by atoms with van der Waals surface area (Å²) in [5.41, 5.74) is 2.80. The summed E-state index contributed by atoms with van der Waals surface area (Å²) in [6.07, 6.45) is 25.4. The van der Waals surface area contributed by atoms with Crippen molar-refractivity contribution in [2.75, 3.05) is 13.2 Å². The molecule has 0 saturated heterocycles. The zero-order valence-corrected chi connectivity index (χ0v) is 47.0. The molecule has 0 N–H and O–H groups in total. The smallest absolute Gasteiger partial charge is 0.343 e. The number of carbonyl (C=O) groups is 3. The molecule has 9 nitrogen and oxygen atoms in total. The SMILES string of the molecule is CCCCCCCCCCCCOc1ccc(C(=O)Oc2ccc(C(=O)Oc3cccc(-c4ccc(OC(=O)c5ccc(OCCCCCCCCCCCC[Si](C)(C)O[Si](C)(C)C)cc5)cc4)c3)cc2)cc1. The lowest BCUT2D eigenvalue weighted by atomic mass is 10.1. The topological polar surface area (TPSA) is 107 Å². The fourth-order valence-corrected chi connectivity index (χ4v) is 17.0. The van der Waals surface area contributed by atoms with Gasteiger partial charge in [-0.15, -0.1) is 0 Å². The van der Waals surface area contributed by atoms with Crippen LogP contribution in [0.5, 0.6) is 28.7 Å². The summed E-state index contributed by atoms with van der Waals surface area (Å²) < 4.78 is 35.2. The maximum Gasteiger partial charge on any atom is 0.343 e. The molecule has 0 aromatic heterocycles. The molecule has 0 fully saturated rings. The normalized spacial score (nSPS) is 11.5. The Morgan fingerprint density at radius 3 is 1.14 bits per heavy atom. The highest BCUT2D eigenvalue weighted by atomic mass is 28.4. The van der Waals surface area contributed by atoms with Crippen LogP contribution >= 0.6 is 0 Å². The minimum Gasteiger partial charge on any atom is -0.494 e. The quantitative estimate of drug-likeness (QED) is 0.0170. The molecule has 0 radical (unpaired) electrons. The fourth-order valence-electron chi connectivity index (χ4n) is 8.90. The minimum absolute atomic E-state index is 0.302. The first-order chi connectivity index (χ1) is 35.3. The molecular weight excluding hydrogens is 945 g/mol. The maximum atomic E-state index is 13.1. The molecule has 0 bridgehead atoms. The first-order valence-corrected chi connectivity index (χ1v) is 33.9. The molecule has 0 heterocycles. The first kappa shape index (κ1) is 58.4. The molecule has 0 aliphatic heterocycles. The van der Waals surface area contributed by atoms with E-state index in [9.17, 15) is 14.4 Å². The summed E-state index contributed by atoms with van der Waals surface area (Å²) in [7, 11) is -2.93. The molecule has 0 aliphatic carbocycles. The summed E-state index contributed by atoms with van der Waals surface area (Å²) in [5, 5.41) is 0. The van der Waals surface area contributed by atoms with Crippen LogP contribution in [-0.2, 0) is 4.12 Å². The van der Waals surface area contributed by atoms with Crippen LogP contribution < -0.4 is 23.7 Å². The van der Waals surface area contributed by atoms with Crippen molar-refractivity contribution in [1.29, 1.82) is 0 Å². The molecule has 0 spiro atoms. The lowest BCUT2D eigenvalue weighted by Crippen LogP contribution is -2.42. The molecule has 5 rings (SSSR count). The molecule has 0 atom stereocenters. The summed E-state index contributed by atoms with van der Waals surface area (Å²) in [5.74, 6) is 1.03. The first-order valence-electron chi connectivity index (χ1n) is 27.4. The van der Waals surface area contributed by atoms with Crippen LogP contribution in [0.15, 0.2) is 121 Å². The second-order valence-electron chi connectivity index (χ2n) is 20.9. The van der Waals surface area contributed by atoms with Gasteiger partial charge in [-0.25, -0.2) is 14.4 Å². The highest BCUT2D eigenvalue weighted by Gasteiger charge is 2.28. The van der Waals surface area contributed by atoms with Crippen molar-refractivity contribution in [1.82, 2.24) is 0 Å². The van der Waals surface area contributed by atoms with Crippen LogP contribution in [0.3, 0.4) is 0 Å². The highest BCUT2D eigenvalue weighted by molar-refractivity contribution is 6.84. The number of hydrogen-bond donors (Lipinski definition) is 0. The van der Waals surface area contributed by atoms with E-state index in [1.54, 1.807) is 91.0 Å². The van der Waals surface area contributed by atoms with E-state index in [0.717, 1.165) is 48.3 Å². The number of benzene rings is 5. The number of hydrogen-bond acceptors (Lipinski definition) is 9. The molecule has 5 aromatic rings. The summed E-state index contributed by atoms with van der Waals surface area (Å²) in [6.45, 7) is 15.2. The van der Waals surface area contributed by atoms with E-state index in [0.29, 0.717) is 47.2 Å². The zero-order chi connectivity index (χ0) is 52.2. The van der Waals surface area contributed by atoms with Crippen LogP contribution in [0.25, 0.3) is 11.1 Å². The third-order valence-corrected chi connectivity index (χ3v) is 18.9. The molecule has 0 unspecified atom stereocenters. The van der Waals surface area contributed by atoms with Crippen molar-refractivity contribution in [2.24, 2.45) is 0 Å². The van der Waals surface area contributed by atoms with Gasteiger partial charge in [-0.05, 0) is 160 Å². The number of carbonyl (C=O) groups excluding carboxylic acids is 3. The Kier molecular flexibility index (Phi) is 25.6. The van der Waals surface area contributed by atoms with Gasteiger partial charge in [0, 0.05) is 0 Å². The van der Waals surface area contributed by atoms with E-state index >= 15 is 0 Å². The van der Waals surface area contributed by atoms with E-state index in [1.165, 1.54) is 109 Å². The summed E-state index contributed by atoms with van der Waals surface area (Å²) >= 11 is 0. The van der Waals surface area contributed by atoms with E-state index in [-0.39, 0.29) is 0 Å². The van der Waals surface area contributed by atoms with Gasteiger partial charge in [0.25, 0.3) is 0 Å². The summed E-state index contributed by atoms with van der Waals surface area (Å²) in [4.78, 5) is 38.9. The van der Waals surface area contributed by atoms with Gasteiger partial charge in [-0.3, -0.25) is 0 Å². The molecule has 5 aromatic carbocycles. The molecular formula is C62H84O9Si2. The van der Waals surface area contributed by atoms with Gasteiger partial charge in [0.1, 0.15) is 28.7 Å². The Hall–Kier alpha value is -5.50.